The van der Waals surface area contributed by atoms with E-state index >= 15 is 0 Å². The summed E-state index contributed by atoms with van der Waals surface area (Å²) in [4.78, 5) is 14.9. The SMILES string of the molecule is O=C(O)N1CCC(N2Cc3ccccc3C2)CC1. The van der Waals surface area contributed by atoms with Crippen LogP contribution in [0.5, 0.6) is 0 Å². The first-order chi connectivity index (χ1) is 8.74. The molecule has 2 aliphatic heterocycles. The molecule has 1 saturated heterocycles. The molecule has 1 aromatic carbocycles. The van der Waals surface area contributed by atoms with Crippen molar-refractivity contribution in [3.8, 4) is 0 Å². The summed E-state index contributed by atoms with van der Waals surface area (Å²) in [5.41, 5.74) is 2.86. The lowest BCUT2D eigenvalue weighted by Crippen LogP contribution is -2.44. The molecule has 0 unspecified atom stereocenters. The maximum absolute atomic E-state index is 10.9. The van der Waals surface area contributed by atoms with Gasteiger partial charge in [-0.15, -0.1) is 0 Å². The first kappa shape index (κ1) is 11.5. The fourth-order valence-corrected chi connectivity index (χ4v) is 3.04. The summed E-state index contributed by atoms with van der Waals surface area (Å²) >= 11 is 0. The molecule has 0 aromatic heterocycles. The van der Waals surface area contributed by atoms with E-state index in [1.807, 2.05) is 0 Å². The number of carboxylic acid groups (broad SMARTS) is 1. The second-order valence-corrected chi connectivity index (χ2v) is 5.17. The number of hydrogen-bond acceptors (Lipinski definition) is 2. The van der Waals surface area contributed by atoms with Crippen molar-refractivity contribution in [3.05, 3.63) is 35.4 Å². The summed E-state index contributed by atoms with van der Waals surface area (Å²) in [6.07, 6.45) is 1.14. The highest BCUT2D eigenvalue weighted by Gasteiger charge is 2.29. The lowest BCUT2D eigenvalue weighted by molar-refractivity contribution is 0.0938. The Morgan fingerprint density at radius 2 is 1.67 bits per heavy atom. The molecule has 1 N–H and O–H groups in total. The predicted molar refractivity (Wildman–Crippen MR) is 68.3 cm³/mol. The Morgan fingerprint density at radius 1 is 1.11 bits per heavy atom. The molecule has 0 aliphatic carbocycles. The number of rotatable bonds is 1. The summed E-state index contributed by atoms with van der Waals surface area (Å²) in [6, 6.07) is 9.11. The van der Waals surface area contributed by atoms with Gasteiger partial charge in [0.05, 0.1) is 0 Å². The fraction of sp³-hybridized carbons (Fsp3) is 0.500. The van der Waals surface area contributed by atoms with Gasteiger partial charge in [-0.3, -0.25) is 4.90 Å². The second kappa shape index (κ2) is 4.61. The molecule has 4 nitrogen and oxygen atoms in total. The molecule has 96 valence electrons. The zero-order valence-electron chi connectivity index (χ0n) is 10.4. The Hall–Kier alpha value is -1.55. The van der Waals surface area contributed by atoms with E-state index in [0.717, 1.165) is 25.9 Å². The molecular formula is C14H18N2O2. The van der Waals surface area contributed by atoms with Gasteiger partial charge in [0.25, 0.3) is 0 Å². The average Bonchev–Trinajstić information content (AvgIpc) is 2.82. The minimum Gasteiger partial charge on any atom is -0.465 e. The monoisotopic (exact) mass is 246 g/mol. The van der Waals surface area contributed by atoms with Crippen LogP contribution in [0.15, 0.2) is 24.3 Å². The van der Waals surface area contributed by atoms with Crippen molar-refractivity contribution in [1.29, 1.82) is 0 Å². The van der Waals surface area contributed by atoms with Crippen molar-refractivity contribution in [2.75, 3.05) is 13.1 Å². The Kier molecular flexibility index (Phi) is 2.96. The molecule has 3 rings (SSSR count). The van der Waals surface area contributed by atoms with Crippen LogP contribution in [0.1, 0.15) is 24.0 Å². The maximum atomic E-state index is 10.9. The molecular weight excluding hydrogens is 228 g/mol. The number of fused-ring (bicyclic) bond motifs is 1. The maximum Gasteiger partial charge on any atom is 0.407 e. The quantitative estimate of drug-likeness (QED) is 0.825. The van der Waals surface area contributed by atoms with Crippen LogP contribution in [0.3, 0.4) is 0 Å². The highest BCUT2D eigenvalue weighted by Crippen LogP contribution is 2.28. The van der Waals surface area contributed by atoms with Crippen LogP contribution in [-0.4, -0.2) is 40.1 Å². The first-order valence-corrected chi connectivity index (χ1v) is 6.53. The van der Waals surface area contributed by atoms with Gasteiger partial charge < -0.3 is 10.0 Å². The lowest BCUT2D eigenvalue weighted by Gasteiger charge is -2.35. The average molecular weight is 246 g/mol. The van der Waals surface area contributed by atoms with Gasteiger partial charge in [0.1, 0.15) is 0 Å². The number of likely N-dealkylation sites (tertiary alicyclic amines) is 1. The summed E-state index contributed by atoms with van der Waals surface area (Å²) in [7, 11) is 0. The zero-order valence-corrected chi connectivity index (χ0v) is 10.4. The Bertz CT molecular complexity index is 428. The minimum absolute atomic E-state index is 0.535. The van der Waals surface area contributed by atoms with Gasteiger partial charge in [-0.05, 0) is 24.0 Å². The summed E-state index contributed by atoms with van der Waals surface area (Å²) in [5, 5.41) is 8.94. The van der Waals surface area contributed by atoms with E-state index in [9.17, 15) is 4.79 Å². The molecule has 1 fully saturated rings. The smallest absolute Gasteiger partial charge is 0.407 e. The van der Waals surface area contributed by atoms with Gasteiger partial charge in [-0.1, -0.05) is 24.3 Å². The molecule has 0 atom stereocenters. The van der Waals surface area contributed by atoms with Crippen LogP contribution in [0.2, 0.25) is 0 Å². The summed E-state index contributed by atoms with van der Waals surface area (Å²) < 4.78 is 0. The largest absolute Gasteiger partial charge is 0.465 e. The molecule has 2 heterocycles. The topological polar surface area (TPSA) is 43.8 Å². The third-order valence-corrected chi connectivity index (χ3v) is 4.12. The first-order valence-electron chi connectivity index (χ1n) is 6.53. The van der Waals surface area contributed by atoms with E-state index in [1.165, 1.54) is 16.0 Å². The van der Waals surface area contributed by atoms with Crippen molar-refractivity contribution in [1.82, 2.24) is 9.80 Å². The molecule has 4 heteroatoms. The molecule has 0 radical (unpaired) electrons. The van der Waals surface area contributed by atoms with Crippen molar-refractivity contribution >= 4 is 6.09 Å². The third-order valence-electron chi connectivity index (χ3n) is 4.12. The summed E-state index contributed by atoms with van der Waals surface area (Å²) in [6.45, 7) is 3.39. The molecule has 0 spiro atoms. The number of piperidine rings is 1. The lowest BCUT2D eigenvalue weighted by atomic mass is 10.0. The van der Waals surface area contributed by atoms with Gasteiger partial charge in [0.15, 0.2) is 0 Å². The van der Waals surface area contributed by atoms with Crippen molar-refractivity contribution in [2.45, 2.75) is 32.0 Å². The highest BCUT2D eigenvalue weighted by atomic mass is 16.4. The van der Waals surface area contributed by atoms with Crippen LogP contribution >= 0.6 is 0 Å². The number of hydrogen-bond donors (Lipinski definition) is 1. The molecule has 1 amide bonds. The predicted octanol–water partition coefficient (Wildman–Crippen LogP) is 2.14. The number of carbonyl (C=O) groups is 1. The molecule has 1 aromatic rings. The Balaban J connectivity index is 1.61. The van der Waals surface area contributed by atoms with Crippen LogP contribution in [0.25, 0.3) is 0 Å². The molecule has 2 aliphatic rings. The summed E-state index contributed by atoms with van der Waals surface area (Å²) in [5.74, 6) is 0. The molecule has 0 saturated carbocycles. The van der Waals surface area contributed by atoms with Gasteiger partial charge in [-0.2, -0.15) is 0 Å². The van der Waals surface area contributed by atoms with E-state index in [1.54, 1.807) is 0 Å². The van der Waals surface area contributed by atoms with E-state index in [4.69, 9.17) is 5.11 Å². The minimum atomic E-state index is -0.779. The number of amides is 1. The number of nitrogens with zero attached hydrogens (tertiary/aromatic N) is 2. The van der Waals surface area contributed by atoms with Crippen LogP contribution < -0.4 is 0 Å². The van der Waals surface area contributed by atoms with Gasteiger partial charge in [0.2, 0.25) is 0 Å². The second-order valence-electron chi connectivity index (χ2n) is 5.17. The van der Waals surface area contributed by atoms with E-state index < -0.39 is 6.09 Å². The van der Waals surface area contributed by atoms with Gasteiger partial charge in [-0.25, -0.2) is 4.79 Å². The number of benzene rings is 1. The van der Waals surface area contributed by atoms with Gasteiger partial charge in [0, 0.05) is 32.2 Å². The van der Waals surface area contributed by atoms with Gasteiger partial charge >= 0.3 is 6.09 Å². The third kappa shape index (κ3) is 2.08. The van der Waals surface area contributed by atoms with Crippen LogP contribution in [0, 0.1) is 0 Å². The van der Waals surface area contributed by atoms with Crippen molar-refractivity contribution in [3.63, 3.8) is 0 Å². The molecule has 18 heavy (non-hydrogen) atoms. The highest BCUT2D eigenvalue weighted by molar-refractivity contribution is 5.65. The Morgan fingerprint density at radius 3 is 2.17 bits per heavy atom. The van der Waals surface area contributed by atoms with E-state index in [2.05, 4.69) is 29.2 Å². The van der Waals surface area contributed by atoms with Crippen LogP contribution in [0.4, 0.5) is 4.79 Å². The Labute approximate surface area is 107 Å². The molecule has 0 bridgehead atoms. The standard InChI is InChI=1S/C14H18N2O2/c17-14(18)15-7-5-13(6-8-15)16-9-11-3-1-2-4-12(11)10-16/h1-4,13H,5-10H2,(H,17,18). The normalized spacial score (nSPS) is 21.0. The zero-order chi connectivity index (χ0) is 12.5. The van der Waals surface area contributed by atoms with Crippen molar-refractivity contribution < 1.29 is 9.90 Å². The van der Waals surface area contributed by atoms with E-state index in [0.29, 0.717) is 19.1 Å². The van der Waals surface area contributed by atoms with Crippen LogP contribution in [-0.2, 0) is 13.1 Å². The van der Waals surface area contributed by atoms with E-state index in [-0.39, 0.29) is 0 Å². The fourth-order valence-electron chi connectivity index (χ4n) is 3.04. The van der Waals surface area contributed by atoms with Crippen molar-refractivity contribution in [2.24, 2.45) is 0 Å².